The topological polar surface area (TPSA) is 65.9 Å². The van der Waals surface area contributed by atoms with Crippen LogP contribution in [0.15, 0.2) is 53.5 Å². The lowest BCUT2D eigenvalue weighted by molar-refractivity contribution is 0.181. The molecule has 0 bridgehead atoms. The summed E-state index contributed by atoms with van der Waals surface area (Å²) < 4.78 is 5.63. The number of aliphatic hydroxyl groups is 1. The van der Waals surface area contributed by atoms with Gasteiger partial charge in [-0.3, -0.25) is 0 Å². The van der Waals surface area contributed by atoms with Crippen LogP contribution in [0, 0.1) is 0 Å². The number of halogens is 2. The maximum absolute atomic E-state index is 10.3. The molecule has 0 aromatic heterocycles. The van der Waals surface area contributed by atoms with Gasteiger partial charge in [-0.05, 0) is 37.6 Å². The van der Waals surface area contributed by atoms with E-state index in [0.717, 1.165) is 23.4 Å². The number of para-hydroxylation sites is 1. The maximum atomic E-state index is 10.3. The first-order valence-corrected chi connectivity index (χ1v) is 9.18. The number of rotatable bonds is 8. The van der Waals surface area contributed by atoms with Crippen molar-refractivity contribution < 1.29 is 9.84 Å². The fourth-order valence-corrected chi connectivity index (χ4v) is 2.56. The van der Waals surface area contributed by atoms with Crippen LogP contribution in [0.5, 0.6) is 5.75 Å². The molecule has 2 aromatic rings. The van der Waals surface area contributed by atoms with Gasteiger partial charge in [-0.25, -0.2) is 4.99 Å². The quantitative estimate of drug-likeness (QED) is 0.288. The second kappa shape index (κ2) is 12.8. The van der Waals surface area contributed by atoms with E-state index >= 15 is 0 Å². The van der Waals surface area contributed by atoms with E-state index in [2.05, 4.69) is 15.6 Å². The molecule has 0 saturated heterocycles. The second-order valence-corrected chi connectivity index (χ2v) is 6.12. The van der Waals surface area contributed by atoms with Gasteiger partial charge in [0.25, 0.3) is 0 Å². The van der Waals surface area contributed by atoms with E-state index in [0.29, 0.717) is 30.7 Å². The maximum Gasteiger partial charge on any atom is 0.191 e. The molecule has 0 aliphatic heterocycles. The summed E-state index contributed by atoms with van der Waals surface area (Å²) >= 11 is 5.88. The van der Waals surface area contributed by atoms with Crippen LogP contribution in [0.2, 0.25) is 5.02 Å². The molecule has 2 rings (SSSR count). The number of nitrogens with one attached hydrogen (secondary N) is 2. The molecule has 2 aromatic carbocycles. The zero-order valence-electron chi connectivity index (χ0n) is 15.6. The van der Waals surface area contributed by atoms with Crippen LogP contribution in [0.1, 0.15) is 31.1 Å². The third kappa shape index (κ3) is 7.94. The number of aliphatic hydroxyl groups excluding tert-OH is 1. The van der Waals surface area contributed by atoms with Crippen LogP contribution in [0.3, 0.4) is 0 Å². The Labute approximate surface area is 183 Å². The highest BCUT2D eigenvalue weighted by molar-refractivity contribution is 14.0. The first-order valence-electron chi connectivity index (χ1n) is 8.80. The molecule has 1 unspecified atom stereocenters. The summed E-state index contributed by atoms with van der Waals surface area (Å²) in [7, 11) is 0. The number of aliphatic imine (C=N–C) groups is 1. The van der Waals surface area contributed by atoms with Crippen molar-refractivity contribution >= 4 is 41.5 Å². The highest BCUT2D eigenvalue weighted by Gasteiger charge is 2.09. The Balaban J connectivity index is 0.00000364. The summed E-state index contributed by atoms with van der Waals surface area (Å²) in [5.74, 6) is 1.49. The lowest BCUT2D eigenvalue weighted by atomic mass is 10.1. The molecule has 0 radical (unpaired) electrons. The molecule has 0 spiro atoms. The zero-order chi connectivity index (χ0) is 18.8. The molecule has 27 heavy (non-hydrogen) atoms. The van der Waals surface area contributed by atoms with Crippen molar-refractivity contribution in [3.8, 4) is 5.75 Å². The number of hydrogen-bond acceptors (Lipinski definition) is 3. The van der Waals surface area contributed by atoms with Gasteiger partial charge in [0, 0.05) is 23.7 Å². The van der Waals surface area contributed by atoms with Crippen LogP contribution in [0.25, 0.3) is 0 Å². The van der Waals surface area contributed by atoms with Crippen molar-refractivity contribution in [2.45, 2.75) is 26.5 Å². The number of ether oxygens (including phenoxy) is 1. The minimum atomic E-state index is -0.646. The van der Waals surface area contributed by atoms with Gasteiger partial charge in [0.05, 0.1) is 19.3 Å². The predicted molar refractivity (Wildman–Crippen MR) is 122 cm³/mol. The van der Waals surface area contributed by atoms with Crippen LogP contribution >= 0.6 is 35.6 Å². The van der Waals surface area contributed by atoms with Gasteiger partial charge < -0.3 is 20.5 Å². The molecule has 148 valence electrons. The first-order chi connectivity index (χ1) is 12.6. The molecule has 7 heteroatoms. The standard InChI is InChI=1S/C20H26ClN3O2.HI/c1-3-22-20(23-13-16-7-5-6-8-19(16)26-4-2)24-14-18(25)15-9-11-17(21)12-10-15;/h5-12,18,25H,3-4,13-14H2,1-2H3,(H2,22,23,24);1H. The summed E-state index contributed by atoms with van der Waals surface area (Å²) in [5, 5.41) is 17.3. The first kappa shape index (κ1) is 23.5. The number of hydrogen-bond donors (Lipinski definition) is 3. The van der Waals surface area contributed by atoms with Crippen molar-refractivity contribution in [1.82, 2.24) is 10.6 Å². The zero-order valence-corrected chi connectivity index (χ0v) is 18.7. The van der Waals surface area contributed by atoms with E-state index in [1.165, 1.54) is 0 Å². The number of nitrogens with zero attached hydrogens (tertiary/aromatic N) is 1. The fraction of sp³-hybridized carbons (Fsp3) is 0.350. The predicted octanol–water partition coefficient (Wildman–Crippen LogP) is 4.15. The largest absolute Gasteiger partial charge is 0.494 e. The molecule has 0 heterocycles. The van der Waals surface area contributed by atoms with Gasteiger partial charge in [0.15, 0.2) is 5.96 Å². The Morgan fingerprint density at radius 2 is 1.81 bits per heavy atom. The summed E-state index contributed by atoms with van der Waals surface area (Å²) in [5.41, 5.74) is 1.82. The Hall–Kier alpha value is -1.51. The molecule has 0 aliphatic carbocycles. The van der Waals surface area contributed by atoms with Gasteiger partial charge in [-0.2, -0.15) is 0 Å². The molecule has 0 aliphatic rings. The lowest BCUT2D eigenvalue weighted by Gasteiger charge is -2.16. The van der Waals surface area contributed by atoms with E-state index in [4.69, 9.17) is 16.3 Å². The van der Waals surface area contributed by atoms with E-state index in [-0.39, 0.29) is 24.0 Å². The minimum absolute atomic E-state index is 0. The van der Waals surface area contributed by atoms with Crippen LogP contribution in [-0.2, 0) is 6.54 Å². The SMILES string of the molecule is CCNC(=NCc1ccccc1OCC)NCC(O)c1ccc(Cl)cc1.I. The average Bonchev–Trinajstić information content (AvgIpc) is 2.65. The van der Waals surface area contributed by atoms with E-state index in [1.54, 1.807) is 12.1 Å². The third-order valence-electron chi connectivity index (χ3n) is 3.74. The fourth-order valence-electron chi connectivity index (χ4n) is 2.43. The van der Waals surface area contributed by atoms with Crippen molar-refractivity contribution in [2.24, 2.45) is 4.99 Å². The summed E-state index contributed by atoms with van der Waals surface area (Å²) in [6.45, 7) is 6.15. The number of guanidine groups is 1. The molecule has 0 amide bonds. The van der Waals surface area contributed by atoms with Crippen LogP contribution in [0.4, 0.5) is 0 Å². The Morgan fingerprint density at radius 1 is 1.11 bits per heavy atom. The third-order valence-corrected chi connectivity index (χ3v) is 3.99. The molecule has 0 saturated carbocycles. The van der Waals surface area contributed by atoms with Gasteiger partial charge in [0.1, 0.15) is 5.75 Å². The normalized spacial score (nSPS) is 12.1. The monoisotopic (exact) mass is 503 g/mol. The molecule has 3 N–H and O–H groups in total. The Kier molecular flexibility index (Phi) is 11.2. The smallest absolute Gasteiger partial charge is 0.191 e. The van der Waals surface area contributed by atoms with E-state index in [1.807, 2.05) is 50.2 Å². The van der Waals surface area contributed by atoms with Gasteiger partial charge in [-0.15, -0.1) is 24.0 Å². The van der Waals surface area contributed by atoms with Crippen molar-refractivity contribution in [3.05, 3.63) is 64.7 Å². The molecule has 1 atom stereocenters. The van der Waals surface area contributed by atoms with E-state index in [9.17, 15) is 5.11 Å². The Morgan fingerprint density at radius 3 is 2.48 bits per heavy atom. The average molecular weight is 504 g/mol. The van der Waals surface area contributed by atoms with E-state index < -0.39 is 6.10 Å². The Bertz CT molecular complexity index is 711. The molecular weight excluding hydrogens is 477 g/mol. The van der Waals surface area contributed by atoms with Crippen molar-refractivity contribution in [2.75, 3.05) is 19.7 Å². The summed E-state index contributed by atoms with van der Waals surface area (Å²) in [6.07, 6.45) is -0.646. The lowest BCUT2D eigenvalue weighted by Crippen LogP contribution is -2.39. The van der Waals surface area contributed by atoms with Crippen molar-refractivity contribution in [1.29, 1.82) is 0 Å². The molecule has 5 nitrogen and oxygen atoms in total. The van der Waals surface area contributed by atoms with Crippen molar-refractivity contribution in [3.63, 3.8) is 0 Å². The van der Waals surface area contributed by atoms with Crippen LogP contribution < -0.4 is 15.4 Å². The second-order valence-electron chi connectivity index (χ2n) is 5.68. The highest BCUT2D eigenvalue weighted by Crippen LogP contribution is 2.19. The van der Waals surface area contributed by atoms with Gasteiger partial charge in [-0.1, -0.05) is 41.9 Å². The van der Waals surface area contributed by atoms with Gasteiger partial charge in [0.2, 0.25) is 0 Å². The molecular formula is C20H27ClIN3O2. The molecule has 0 fully saturated rings. The summed E-state index contributed by atoms with van der Waals surface area (Å²) in [6, 6.07) is 15.0. The van der Waals surface area contributed by atoms with Crippen LogP contribution in [-0.4, -0.2) is 30.8 Å². The number of benzene rings is 2. The minimum Gasteiger partial charge on any atom is -0.494 e. The van der Waals surface area contributed by atoms with Gasteiger partial charge >= 0.3 is 0 Å². The highest BCUT2D eigenvalue weighted by atomic mass is 127. The summed E-state index contributed by atoms with van der Waals surface area (Å²) in [4.78, 5) is 4.59.